The maximum absolute atomic E-state index is 11.5. The Balaban J connectivity index is 1.67. The standard InChI is InChI=1S/C13H25N3O/c1-10(13(17)14-2)16-7-5-12(6-8-16)15-9-11-3-4-11/h10-12,15H,3-9H2,1-2H3,(H,14,17). The molecule has 2 aliphatic rings. The molecule has 1 saturated heterocycles. The molecule has 2 fully saturated rings. The molecule has 1 saturated carbocycles. The average Bonchev–Trinajstić information content (AvgIpc) is 3.19. The summed E-state index contributed by atoms with van der Waals surface area (Å²) < 4.78 is 0. The smallest absolute Gasteiger partial charge is 0.236 e. The fourth-order valence-corrected chi connectivity index (χ4v) is 2.52. The number of amides is 1. The van der Waals surface area contributed by atoms with Gasteiger partial charge in [-0.1, -0.05) is 0 Å². The van der Waals surface area contributed by atoms with Gasteiger partial charge in [0, 0.05) is 26.2 Å². The summed E-state index contributed by atoms with van der Waals surface area (Å²) in [5.74, 6) is 1.09. The maximum atomic E-state index is 11.5. The Morgan fingerprint density at radius 1 is 1.29 bits per heavy atom. The first-order chi connectivity index (χ1) is 8.20. The van der Waals surface area contributed by atoms with E-state index in [0.29, 0.717) is 6.04 Å². The lowest BCUT2D eigenvalue weighted by molar-refractivity contribution is -0.125. The van der Waals surface area contributed by atoms with Crippen molar-refractivity contribution in [1.82, 2.24) is 15.5 Å². The monoisotopic (exact) mass is 239 g/mol. The molecule has 1 heterocycles. The predicted octanol–water partition coefficient (Wildman–Crippen LogP) is 0.585. The van der Waals surface area contributed by atoms with Crippen LogP contribution in [0.1, 0.15) is 32.6 Å². The number of likely N-dealkylation sites (tertiary alicyclic amines) is 1. The molecular weight excluding hydrogens is 214 g/mol. The van der Waals surface area contributed by atoms with Crippen molar-refractivity contribution in [2.24, 2.45) is 5.92 Å². The molecular formula is C13H25N3O. The maximum Gasteiger partial charge on any atom is 0.236 e. The van der Waals surface area contributed by atoms with Gasteiger partial charge >= 0.3 is 0 Å². The second-order valence-electron chi connectivity index (χ2n) is 5.45. The van der Waals surface area contributed by atoms with Crippen LogP contribution in [0.2, 0.25) is 0 Å². The molecule has 0 aromatic rings. The Bertz CT molecular complexity index is 257. The van der Waals surface area contributed by atoms with E-state index < -0.39 is 0 Å². The van der Waals surface area contributed by atoms with Gasteiger partial charge in [0.25, 0.3) is 0 Å². The van der Waals surface area contributed by atoms with Crippen molar-refractivity contribution < 1.29 is 4.79 Å². The molecule has 0 bridgehead atoms. The van der Waals surface area contributed by atoms with Crippen LogP contribution in [0.3, 0.4) is 0 Å². The molecule has 1 atom stereocenters. The topological polar surface area (TPSA) is 44.4 Å². The van der Waals surface area contributed by atoms with Gasteiger partial charge in [-0.25, -0.2) is 0 Å². The number of nitrogens with zero attached hydrogens (tertiary/aromatic N) is 1. The second-order valence-corrected chi connectivity index (χ2v) is 5.45. The molecule has 17 heavy (non-hydrogen) atoms. The minimum Gasteiger partial charge on any atom is -0.358 e. The summed E-state index contributed by atoms with van der Waals surface area (Å²) in [5.41, 5.74) is 0. The summed E-state index contributed by atoms with van der Waals surface area (Å²) in [5, 5.41) is 6.38. The highest BCUT2D eigenvalue weighted by atomic mass is 16.2. The van der Waals surface area contributed by atoms with Gasteiger partial charge in [0.1, 0.15) is 0 Å². The van der Waals surface area contributed by atoms with Gasteiger partial charge in [-0.3, -0.25) is 9.69 Å². The Morgan fingerprint density at radius 2 is 1.94 bits per heavy atom. The number of rotatable bonds is 5. The van der Waals surface area contributed by atoms with Crippen LogP contribution >= 0.6 is 0 Å². The number of carbonyl (C=O) groups excluding carboxylic acids is 1. The Kier molecular flexibility index (Phi) is 4.40. The number of nitrogens with one attached hydrogen (secondary N) is 2. The first kappa shape index (κ1) is 12.8. The van der Waals surface area contributed by atoms with E-state index in [-0.39, 0.29) is 11.9 Å². The van der Waals surface area contributed by atoms with Gasteiger partial charge in [-0.2, -0.15) is 0 Å². The molecule has 4 heteroatoms. The van der Waals surface area contributed by atoms with Crippen molar-refractivity contribution in [3.8, 4) is 0 Å². The highest BCUT2D eigenvalue weighted by molar-refractivity contribution is 5.80. The zero-order valence-corrected chi connectivity index (χ0v) is 11.0. The Labute approximate surface area is 104 Å². The average molecular weight is 239 g/mol. The van der Waals surface area contributed by atoms with Crippen LogP contribution < -0.4 is 10.6 Å². The summed E-state index contributed by atoms with van der Waals surface area (Å²) >= 11 is 0. The van der Waals surface area contributed by atoms with Crippen LogP contribution in [0.15, 0.2) is 0 Å². The van der Waals surface area contributed by atoms with E-state index in [9.17, 15) is 4.79 Å². The van der Waals surface area contributed by atoms with E-state index in [1.165, 1.54) is 32.2 Å². The third-order valence-electron chi connectivity index (χ3n) is 4.10. The molecule has 0 aromatic heterocycles. The number of piperidine rings is 1. The Morgan fingerprint density at radius 3 is 2.47 bits per heavy atom. The largest absolute Gasteiger partial charge is 0.358 e. The van der Waals surface area contributed by atoms with Gasteiger partial charge in [-0.15, -0.1) is 0 Å². The molecule has 4 nitrogen and oxygen atoms in total. The lowest BCUT2D eigenvalue weighted by Crippen LogP contribution is -2.50. The predicted molar refractivity (Wildman–Crippen MR) is 68.9 cm³/mol. The number of likely N-dealkylation sites (N-methyl/N-ethyl adjacent to an activating group) is 1. The molecule has 0 spiro atoms. The highest BCUT2D eigenvalue weighted by Crippen LogP contribution is 2.28. The van der Waals surface area contributed by atoms with Crippen molar-refractivity contribution in [3.05, 3.63) is 0 Å². The molecule has 1 aliphatic carbocycles. The Hall–Kier alpha value is -0.610. The first-order valence-electron chi connectivity index (χ1n) is 6.89. The molecule has 0 radical (unpaired) electrons. The van der Waals surface area contributed by atoms with Crippen LogP contribution in [-0.2, 0) is 4.79 Å². The van der Waals surface area contributed by atoms with Gasteiger partial charge in [0.05, 0.1) is 6.04 Å². The summed E-state index contributed by atoms with van der Waals surface area (Å²) in [6.45, 7) is 5.28. The second kappa shape index (κ2) is 5.83. The van der Waals surface area contributed by atoms with E-state index in [4.69, 9.17) is 0 Å². The molecule has 2 rings (SSSR count). The van der Waals surface area contributed by atoms with Crippen molar-refractivity contribution >= 4 is 5.91 Å². The highest BCUT2D eigenvalue weighted by Gasteiger charge is 2.27. The third-order valence-corrected chi connectivity index (χ3v) is 4.10. The van der Waals surface area contributed by atoms with E-state index in [0.717, 1.165) is 19.0 Å². The summed E-state index contributed by atoms with van der Waals surface area (Å²) in [7, 11) is 1.71. The number of hydrogen-bond donors (Lipinski definition) is 2. The minimum absolute atomic E-state index is 0.0179. The molecule has 1 aliphatic heterocycles. The SMILES string of the molecule is CNC(=O)C(C)N1CCC(NCC2CC2)CC1. The van der Waals surface area contributed by atoms with Crippen molar-refractivity contribution in [3.63, 3.8) is 0 Å². The molecule has 1 amide bonds. The normalized spacial score (nSPS) is 24.6. The van der Waals surface area contributed by atoms with E-state index >= 15 is 0 Å². The molecule has 2 N–H and O–H groups in total. The van der Waals surface area contributed by atoms with Crippen LogP contribution in [-0.4, -0.2) is 49.6 Å². The summed E-state index contributed by atoms with van der Waals surface area (Å²) in [6, 6.07) is 0.688. The molecule has 0 aromatic carbocycles. The zero-order valence-electron chi connectivity index (χ0n) is 11.0. The van der Waals surface area contributed by atoms with E-state index in [1.54, 1.807) is 7.05 Å². The summed E-state index contributed by atoms with van der Waals surface area (Å²) in [6.07, 6.45) is 5.18. The number of carbonyl (C=O) groups is 1. The van der Waals surface area contributed by atoms with Gasteiger partial charge in [0.15, 0.2) is 0 Å². The van der Waals surface area contributed by atoms with Crippen molar-refractivity contribution in [1.29, 1.82) is 0 Å². The van der Waals surface area contributed by atoms with Crippen molar-refractivity contribution in [2.45, 2.75) is 44.7 Å². The van der Waals surface area contributed by atoms with Crippen LogP contribution in [0.5, 0.6) is 0 Å². The van der Waals surface area contributed by atoms with E-state index in [2.05, 4.69) is 15.5 Å². The number of hydrogen-bond acceptors (Lipinski definition) is 3. The lowest BCUT2D eigenvalue weighted by atomic mass is 10.0. The van der Waals surface area contributed by atoms with Gasteiger partial charge in [0.2, 0.25) is 5.91 Å². The first-order valence-corrected chi connectivity index (χ1v) is 6.89. The van der Waals surface area contributed by atoms with Crippen molar-refractivity contribution in [2.75, 3.05) is 26.7 Å². The quantitative estimate of drug-likeness (QED) is 0.738. The third kappa shape index (κ3) is 3.68. The fraction of sp³-hybridized carbons (Fsp3) is 0.923. The zero-order chi connectivity index (χ0) is 12.3. The fourth-order valence-electron chi connectivity index (χ4n) is 2.52. The van der Waals surface area contributed by atoms with Gasteiger partial charge < -0.3 is 10.6 Å². The molecule has 1 unspecified atom stereocenters. The van der Waals surface area contributed by atoms with Crippen LogP contribution in [0, 0.1) is 5.92 Å². The van der Waals surface area contributed by atoms with Gasteiger partial charge in [-0.05, 0) is 45.1 Å². The minimum atomic E-state index is 0.0179. The van der Waals surface area contributed by atoms with Crippen LogP contribution in [0.4, 0.5) is 0 Å². The summed E-state index contributed by atoms with van der Waals surface area (Å²) in [4.78, 5) is 13.8. The molecule has 98 valence electrons. The van der Waals surface area contributed by atoms with Crippen LogP contribution in [0.25, 0.3) is 0 Å². The van der Waals surface area contributed by atoms with E-state index in [1.807, 2.05) is 6.92 Å². The lowest BCUT2D eigenvalue weighted by Gasteiger charge is -2.35.